The number of carbonyl (C=O) groups excluding carboxylic acids is 2. The number of para-hydroxylation sites is 1. The number of nitriles is 1. The zero-order valence-corrected chi connectivity index (χ0v) is 20.7. The van der Waals surface area contributed by atoms with E-state index in [1.807, 2.05) is 30.3 Å². The Morgan fingerprint density at radius 1 is 1.03 bits per heavy atom. The number of hydrogen-bond acceptors (Lipinski definition) is 6. The van der Waals surface area contributed by atoms with Gasteiger partial charge in [-0.25, -0.2) is 9.96 Å². The molecule has 2 aromatic carbocycles. The molecule has 6 rings (SSSR count). The van der Waals surface area contributed by atoms with Crippen molar-refractivity contribution in [1.82, 2.24) is 0 Å². The van der Waals surface area contributed by atoms with Crippen molar-refractivity contribution in [3.63, 3.8) is 0 Å². The van der Waals surface area contributed by atoms with Gasteiger partial charge in [-0.2, -0.15) is 5.26 Å². The monoisotopic (exact) mass is 523 g/mol. The van der Waals surface area contributed by atoms with Gasteiger partial charge >= 0.3 is 0 Å². The fraction of sp³-hybridized carbons (Fsp3) is 0.269. The zero-order chi connectivity index (χ0) is 24.3. The van der Waals surface area contributed by atoms with Crippen LogP contribution in [0.25, 0.3) is 0 Å². The lowest BCUT2D eigenvalue weighted by Crippen LogP contribution is -2.37. The molecule has 0 saturated carbocycles. The third kappa shape index (κ3) is 3.47. The molecule has 176 valence electrons. The number of halogens is 2. The van der Waals surface area contributed by atoms with Gasteiger partial charge in [-0.1, -0.05) is 47.5 Å². The molecule has 2 aliphatic heterocycles. The first kappa shape index (κ1) is 22.6. The second-order valence-electron chi connectivity index (χ2n) is 8.84. The van der Waals surface area contributed by atoms with Gasteiger partial charge in [0.2, 0.25) is 5.91 Å². The lowest BCUT2D eigenvalue weighted by Gasteiger charge is -2.29. The highest BCUT2D eigenvalue weighted by Crippen LogP contribution is 2.51. The first-order chi connectivity index (χ1) is 17.0. The third-order valence-electron chi connectivity index (χ3n) is 6.87. The van der Waals surface area contributed by atoms with Crippen molar-refractivity contribution in [2.24, 2.45) is 5.92 Å². The second-order valence-corrected chi connectivity index (χ2v) is 10.8. The van der Waals surface area contributed by atoms with E-state index in [9.17, 15) is 14.9 Å². The van der Waals surface area contributed by atoms with Crippen molar-refractivity contribution in [3.8, 4) is 6.07 Å². The quantitative estimate of drug-likeness (QED) is 0.402. The van der Waals surface area contributed by atoms with Crippen molar-refractivity contribution in [3.05, 3.63) is 80.1 Å². The summed E-state index contributed by atoms with van der Waals surface area (Å²) in [5.41, 5.74) is 2.75. The molecule has 9 heteroatoms. The highest BCUT2D eigenvalue weighted by Gasteiger charge is 2.61. The molecule has 0 bridgehead atoms. The maximum absolute atomic E-state index is 13.9. The Kier molecular flexibility index (Phi) is 5.58. The van der Waals surface area contributed by atoms with E-state index in [0.717, 1.165) is 36.1 Å². The fourth-order valence-electron chi connectivity index (χ4n) is 5.29. The summed E-state index contributed by atoms with van der Waals surface area (Å²) in [6.45, 7) is 0. The number of nitrogens with zero attached hydrogens (tertiary/aromatic N) is 3. The van der Waals surface area contributed by atoms with Crippen LogP contribution in [0.2, 0.25) is 10.0 Å². The average Bonchev–Trinajstić information content (AvgIpc) is 3.50. The molecular weight excluding hydrogens is 505 g/mol. The van der Waals surface area contributed by atoms with Crippen molar-refractivity contribution >= 4 is 57.0 Å². The number of carbonyl (C=O) groups is 2. The second kappa shape index (κ2) is 8.65. The Morgan fingerprint density at radius 2 is 1.80 bits per heavy atom. The van der Waals surface area contributed by atoms with Crippen molar-refractivity contribution in [2.75, 3.05) is 9.96 Å². The van der Waals surface area contributed by atoms with Crippen LogP contribution < -0.4 is 9.96 Å². The number of rotatable bonds is 3. The Labute approximate surface area is 216 Å². The van der Waals surface area contributed by atoms with E-state index in [1.54, 1.807) is 23.3 Å². The van der Waals surface area contributed by atoms with E-state index in [4.69, 9.17) is 28.0 Å². The van der Waals surface area contributed by atoms with Gasteiger partial charge < -0.3 is 0 Å². The number of fused-ring (bicyclic) bond motifs is 2. The SMILES string of the molecule is N#Cc1c(N2C(=O)[C@@H]3[C@H](ON(c4ccccc4)[C@H]3c3ccc(Cl)cc3Cl)C2=O)sc2c1CCCC2. The summed E-state index contributed by atoms with van der Waals surface area (Å²) in [5.74, 6) is -1.67. The minimum atomic E-state index is -1.02. The third-order valence-corrected chi connectivity index (χ3v) is 8.71. The van der Waals surface area contributed by atoms with Crippen LogP contribution in [0.3, 0.4) is 0 Å². The molecule has 0 N–H and O–H groups in total. The summed E-state index contributed by atoms with van der Waals surface area (Å²) >= 11 is 14.1. The summed E-state index contributed by atoms with van der Waals surface area (Å²) in [4.78, 5) is 36.1. The minimum absolute atomic E-state index is 0.385. The van der Waals surface area contributed by atoms with E-state index < -0.39 is 24.0 Å². The number of hydrogen-bond donors (Lipinski definition) is 0. The van der Waals surface area contributed by atoms with Crippen LogP contribution >= 0.6 is 34.5 Å². The van der Waals surface area contributed by atoms with Crippen molar-refractivity contribution in [1.29, 1.82) is 5.26 Å². The molecule has 2 saturated heterocycles. The maximum Gasteiger partial charge on any atom is 0.267 e. The first-order valence-electron chi connectivity index (χ1n) is 11.4. The van der Waals surface area contributed by atoms with E-state index >= 15 is 0 Å². The number of aryl methyl sites for hydroxylation is 1. The predicted octanol–water partition coefficient (Wildman–Crippen LogP) is 5.86. The van der Waals surface area contributed by atoms with E-state index in [-0.39, 0.29) is 5.91 Å². The molecule has 2 fully saturated rings. The smallest absolute Gasteiger partial charge is 0.267 e. The summed E-state index contributed by atoms with van der Waals surface area (Å²) < 4.78 is 0. The van der Waals surface area contributed by atoms with Crippen LogP contribution in [0.1, 0.15) is 40.5 Å². The minimum Gasteiger partial charge on any atom is -0.273 e. The number of thiophene rings is 1. The first-order valence-corrected chi connectivity index (χ1v) is 12.9. The fourth-order valence-corrected chi connectivity index (χ4v) is 7.16. The normalized spacial score (nSPS) is 23.4. The van der Waals surface area contributed by atoms with Gasteiger partial charge in [0.05, 0.1) is 17.3 Å². The van der Waals surface area contributed by atoms with Gasteiger partial charge in [0.25, 0.3) is 5.91 Å². The van der Waals surface area contributed by atoms with Crippen molar-refractivity contribution < 1.29 is 14.4 Å². The number of benzene rings is 2. The van der Waals surface area contributed by atoms with Gasteiger partial charge in [-0.15, -0.1) is 11.3 Å². The molecule has 2 amide bonds. The Bertz CT molecular complexity index is 1400. The van der Waals surface area contributed by atoms with Gasteiger partial charge in [0.1, 0.15) is 17.0 Å². The Morgan fingerprint density at radius 3 is 2.54 bits per heavy atom. The molecule has 6 nitrogen and oxygen atoms in total. The molecule has 3 aromatic rings. The van der Waals surface area contributed by atoms with Crippen molar-refractivity contribution in [2.45, 2.75) is 37.8 Å². The lowest BCUT2D eigenvalue weighted by atomic mass is 9.90. The van der Waals surface area contributed by atoms with E-state index in [2.05, 4.69) is 6.07 Å². The van der Waals surface area contributed by atoms with Crippen LogP contribution in [0, 0.1) is 17.2 Å². The Hall–Kier alpha value is -2.89. The topological polar surface area (TPSA) is 73.6 Å². The number of amides is 2. The molecule has 1 aromatic heterocycles. The van der Waals surface area contributed by atoms with Gasteiger partial charge in [-0.3, -0.25) is 14.4 Å². The van der Waals surface area contributed by atoms with Crippen LogP contribution in [0.15, 0.2) is 48.5 Å². The molecule has 0 radical (unpaired) electrons. The molecular formula is C26H19Cl2N3O3S. The van der Waals surface area contributed by atoms with Gasteiger partial charge in [0.15, 0.2) is 6.10 Å². The number of imide groups is 1. The summed E-state index contributed by atoms with van der Waals surface area (Å²) in [7, 11) is 0. The van der Waals surface area contributed by atoms with E-state index in [1.165, 1.54) is 16.2 Å². The molecule has 0 unspecified atom stereocenters. The van der Waals surface area contributed by atoms with Crippen LogP contribution in [0.5, 0.6) is 0 Å². The summed E-state index contributed by atoms with van der Waals surface area (Å²) in [6.07, 6.45) is 2.66. The molecule has 3 heterocycles. The van der Waals surface area contributed by atoms with Crippen LogP contribution in [0.4, 0.5) is 10.7 Å². The zero-order valence-electron chi connectivity index (χ0n) is 18.4. The molecule has 35 heavy (non-hydrogen) atoms. The maximum atomic E-state index is 13.9. The summed E-state index contributed by atoms with van der Waals surface area (Å²) in [6, 6.07) is 16.0. The highest BCUT2D eigenvalue weighted by atomic mass is 35.5. The number of hydroxylamine groups is 1. The standard InChI is InChI=1S/C26H19Cl2N3O3S/c27-14-10-11-17(19(28)12-14)22-21-23(34-31(22)15-6-2-1-3-7-15)25(33)30(24(21)32)26-18(13-29)16-8-4-5-9-20(16)35-26/h1-3,6-7,10-12,21-23H,4-5,8-9H2/t21-,22-,23-/m0/s1. The molecule has 1 aliphatic carbocycles. The number of anilines is 2. The van der Waals surface area contributed by atoms with Crippen LogP contribution in [-0.2, 0) is 27.3 Å². The average molecular weight is 524 g/mol. The summed E-state index contributed by atoms with van der Waals surface area (Å²) in [5, 5.41) is 12.8. The Balaban J connectivity index is 1.46. The largest absolute Gasteiger partial charge is 0.273 e. The van der Waals surface area contributed by atoms with Crippen LogP contribution in [-0.4, -0.2) is 17.9 Å². The molecule has 3 atom stereocenters. The van der Waals surface area contributed by atoms with Gasteiger partial charge in [-0.05, 0) is 61.1 Å². The molecule has 3 aliphatic rings. The highest BCUT2D eigenvalue weighted by molar-refractivity contribution is 7.17. The predicted molar refractivity (Wildman–Crippen MR) is 135 cm³/mol. The lowest BCUT2D eigenvalue weighted by molar-refractivity contribution is -0.126. The van der Waals surface area contributed by atoms with E-state index in [0.29, 0.717) is 31.9 Å². The molecule has 0 spiro atoms. The van der Waals surface area contributed by atoms with Gasteiger partial charge in [0, 0.05) is 14.9 Å².